The highest BCUT2D eigenvalue weighted by atomic mass is 32.2. The fourth-order valence-corrected chi connectivity index (χ4v) is 6.17. The molecule has 2 aromatic rings. The summed E-state index contributed by atoms with van der Waals surface area (Å²) >= 11 is 0. The van der Waals surface area contributed by atoms with Crippen LogP contribution in [-0.4, -0.2) is 64.2 Å². The van der Waals surface area contributed by atoms with Crippen molar-refractivity contribution >= 4 is 21.8 Å². The number of nitrogens with zero attached hydrogens (tertiary/aromatic N) is 7. The zero-order valence-electron chi connectivity index (χ0n) is 16.8. The van der Waals surface area contributed by atoms with Crippen LogP contribution in [0.15, 0.2) is 18.6 Å². The van der Waals surface area contributed by atoms with Crippen LogP contribution in [0.5, 0.6) is 0 Å². The molecule has 0 aromatic carbocycles. The van der Waals surface area contributed by atoms with E-state index >= 15 is 0 Å². The molecule has 10 nitrogen and oxygen atoms in total. The van der Waals surface area contributed by atoms with Crippen molar-refractivity contribution in [2.45, 2.75) is 31.2 Å². The minimum absolute atomic E-state index is 0.252. The number of aryl methyl sites for hydroxylation is 1. The third-order valence-corrected chi connectivity index (χ3v) is 7.99. The first kappa shape index (κ1) is 19.4. The molecule has 0 unspecified atom stereocenters. The predicted octanol–water partition coefficient (Wildman–Crippen LogP) is 1.33. The van der Waals surface area contributed by atoms with Crippen LogP contribution in [-0.2, 0) is 17.3 Å². The van der Waals surface area contributed by atoms with Crippen molar-refractivity contribution in [3.63, 3.8) is 0 Å². The molecule has 1 saturated carbocycles. The van der Waals surface area contributed by atoms with Crippen molar-refractivity contribution in [3.05, 3.63) is 30.0 Å². The van der Waals surface area contributed by atoms with Gasteiger partial charge in [0, 0.05) is 45.0 Å². The molecule has 2 aromatic heterocycles. The summed E-state index contributed by atoms with van der Waals surface area (Å²) in [6.45, 7) is 9.88. The van der Waals surface area contributed by atoms with Gasteiger partial charge in [-0.15, -0.1) is 4.98 Å². The largest absolute Gasteiger partial charge is 0.359 e. The molecule has 1 aliphatic carbocycles. The molecule has 0 amide bonds. The van der Waals surface area contributed by atoms with Crippen LogP contribution in [0, 0.1) is 12.5 Å². The highest BCUT2D eigenvalue weighted by Gasteiger charge is 2.52. The van der Waals surface area contributed by atoms with Crippen LogP contribution >= 0.6 is 0 Å². The Morgan fingerprint density at radius 2 is 2.07 bits per heavy atom. The second-order valence-corrected chi connectivity index (χ2v) is 10.1. The van der Waals surface area contributed by atoms with Crippen molar-refractivity contribution in [3.8, 4) is 11.3 Å². The van der Waals surface area contributed by atoms with E-state index in [0.717, 1.165) is 31.2 Å². The van der Waals surface area contributed by atoms with Crippen LogP contribution in [0.3, 0.4) is 0 Å². The Balaban J connectivity index is 1.37. The first-order valence-corrected chi connectivity index (χ1v) is 11.6. The van der Waals surface area contributed by atoms with Gasteiger partial charge in [0.15, 0.2) is 12.0 Å². The fourth-order valence-electron chi connectivity index (χ4n) is 4.40. The molecule has 0 bridgehead atoms. The van der Waals surface area contributed by atoms with Crippen LogP contribution in [0.25, 0.3) is 16.1 Å². The Bertz CT molecular complexity index is 1110. The molecule has 158 valence electrons. The van der Waals surface area contributed by atoms with Gasteiger partial charge in [0.1, 0.15) is 5.69 Å². The number of piperidine rings is 1. The standard InChI is InChI=1S/C19H24N8O2S/c1-20-18-17(15-9-22-25(2)12-15)24-16(10-21-18)26-7-5-19(6-8-26)13-23-30(28,29)27(19)11-14-3-4-14/h9-10,12,14,23H,3-8,11,13H2,2H3. The lowest BCUT2D eigenvalue weighted by Crippen LogP contribution is -2.55. The minimum atomic E-state index is -3.39. The number of aromatic nitrogens is 4. The van der Waals surface area contributed by atoms with Gasteiger partial charge >= 0.3 is 0 Å². The Morgan fingerprint density at radius 1 is 1.30 bits per heavy atom. The smallest absolute Gasteiger partial charge is 0.296 e. The first-order valence-electron chi connectivity index (χ1n) is 10.2. The van der Waals surface area contributed by atoms with Gasteiger partial charge < -0.3 is 9.74 Å². The molecule has 2 saturated heterocycles. The third-order valence-electron chi connectivity index (χ3n) is 6.37. The van der Waals surface area contributed by atoms with E-state index in [-0.39, 0.29) is 11.4 Å². The fraction of sp³-hybridized carbons (Fsp3) is 0.579. The lowest BCUT2D eigenvalue weighted by atomic mass is 9.87. The highest BCUT2D eigenvalue weighted by molar-refractivity contribution is 7.87. The number of rotatable bonds is 4. The minimum Gasteiger partial charge on any atom is -0.359 e. The molecule has 30 heavy (non-hydrogen) atoms. The van der Waals surface area contributed by atoms with E-state index in [4.69, 9.17) is 11.6 Å². The molecular weight excluding hydrogens is 404 g/mol. The van der Waals surface area contributed by atoms with Gasteiger partial charge in [-0.2, -0.15) is 17.8 Å². The summed E-state index contributed by atoms with van der Waals surface area (Å²) in [5.41, 5.74) is 0.929. The van der Waals surface area contributed by atoms with Crippen molar-refractivity contribution in [2.24, 2.45) is 13.0 Å². The molecule has 2 aliphatic heterocycles. The van der Waals surface area contributed by atoms with Crippen molar-refractivity contribution in [2.75, 3.05) is 31.1 Å². The maximum absolute atomic E-state index is 12.6. The molecule has 3 aliphatic rings. The SMILES string of the molecule is [C-]#[N+]c1ncc(N2CCC3(CC2)CNS(=O)(=O)N3CC2CC2)nc1-c1cnn(C)c1. The number of hydrogen-bond acceptors (Lipinski definition) is 6. The van der Waals surface area contributed by atoms with E-state index in [2.05, 4.69) is 24.5 Å². The summed E-state index contributed by atoms with van der Waals surface area (Å²) in [5, 5.41) is 4.17. The van der Waals surface area contributed by atoms with E-state index in [0.29, 0.717) is 43.6 Å². The summed E-state index contributed by atoms with van der Waals surface area (Å²) in [4.78, 5) is 14.7. The highest BCUT2D eigenvalue weighted by Crippen LogP contribution is 2.40. The average molecular weight is 429 g/mol. The molecule has 5 rings (SSSR count). The van der Waals surface area contributed by atoms with Crippen molar-refractivity contribution in [1.29, 1.82) is 0 Å². The van der Waals surface area contributed by atoms with E-state index in [1.165, 1.54) is 0 Å². The zero-order chi connectivity index (χ0) is 20.9. The molecular formula is C19H24N8O2S. The molecule has 0 radical (unpaired) electrons. The Labute approximate surface area is 175 Å². The van der Waals surface area contributed by atoms with E-state index in [1.54, 1.807) is 21.4 Å². The molecule has 4 heterocycles. The van der Waals surface area contributed by atoms with Gasteiger partial charge in [-0.25, -0.2) is 9.71 Å². The van der Waals surface area contributed by atoms with Crippen LogP contribution in [0.4, 0.5) is 11.6 Å². The van der Waals surface area contributed by atoms with Gasteiger partial charge in [-0.05, 0) is 31.6 Å². The Hall–Kier alpha value is -2.55. The van der Waals surface area contributed by atoms with Crippen molar-refractivity contribution < 1.29 is 8.42 Å². The average Bonchev–Trinajstić information content (AvgIpc) is 3.42. The first-order chi connectivity index (χ1) is 14.4. The molecule has 0 atom stereocenters. The Morgan fingerprint density at radius 3 is 2.70 bits per heavy atom. The summed E-state index contributed by atoms with van der Waals surface area (Å²) in [6.07, 6.45) is 8.84. The van der Waals surface area contributed by atoms with E-state index in [9.17, 15) is 8.42 Å². The second kappa shape index (κ2) is 7.01. The van der Waals surface area contributed by atoms with Gasteiger partial charge in [-0.3, -0.25) is 4.68 Å². The molecule has 1 N–H and O–H groups in total. The van der Waals surface area contributed by atoms with Crippen LogP contribution in [0.2, 0.25) is 0 Å². The summed E-state index contributed by atoms with van der Waals surface area (Å²) in [6, 6.07) is 0. The normalized spacial score (nSPS) is 23.0. The zero-order valence-corrected chi connectivity index (χ0v) is 17.6. The van der Waals surface area contributed by atoms with Crippen LogP contribution in [0.1, 0.15) is 25.7 Å². The van der Waals surface area contributed by atoms with E-state index < -0.39 is 10.2 Å². The molecule has 1 spiro atoms. The van der Waals surface area contributed by atoms with Crippen LogP contribution < -0.4 is 9.62 Å². The number of nitrogens with one attached hydrogen (secondary N) is 1. The second-order valence-electron chi connectivity index (χ2n) is 8.43. The maximum Gasteiger partial charge on any atom is 0.296 e. The van der Waals surface area contributed by atoms with Gasteiger partial charge in [0.2, 0.25) is 0 Å². The maximum atomic E-state index is 12.6. The predicted molar refractivity (Wildman–Crippen MR) is 111 cm³/mol. The number of anilines is 1. The van der Waals surface area contributed by atoms with Gasteiger partial charge in [-0.1, -0.05) is 6.57 Å². The molecule has 3 fully saturated rings. The lowest BCUT2D eigenvalue weighted by Gasteiger charge is -2.43. The summed E-state index contributed by atoms with van der Waals surface area (Å²) in [7, 11) is -1.57. The third kappa shape index (κ3) is 3.34. The topological polar surface area (TPSA) is 101 Å². The van der Waals surface area contributed by atoms with Gasteiger partial charge in [0.05, 0.1) is 11.7 Å². The van der Waals surface area contributed by atoms with Crippen molar-refractivity contribution in [1.82, 2.24) is 28.8 Å². The van der Waals surface area contributed by atoms with Gasteiger partial charge in [0.25, 0.3) is 16.0 Å². The number of hydrogen-bond donors (Lipinski definition) is 1. The van der Waals surface area contributed by atoms with E-state index in [1.807, 2.05) is 13.2 Å². The quantitative estimate of drug-likeness (QED) is 0.738. The Kier molecular flexibility index (Phi) is 4.53. The monoisotopic (exact) mass is 428 g/mol. The lowest BCUT2D eigenvalue weighted by molar-refractivity contribution is 0.168. The summed E-state index contributed by atoms with van der Waals surface area (Å²) in [5.74, 6) is 1.46. The molecule has 11 heteroatoms. The summed E-state index contributed by atoms with van der Waals surface area (Å²) < 4.78 is 31.3.